The molecule has 10 nitrogen and oxygen atoms in total. The molecule has 0 aromatic heterocycles. The fraction of sp³-hybridized carbons (Fsp3) is 0.150. The number of thiocarbonyl (C=S) groups is 1. The Bertz CT molecular complexity index is 1100. The molecule has 12 heteroatoms. The highest BCUT2D eigenvalue weighted by Crippen LogP contribution is 2.22. The molecule has 2 aromatic rings. The number of nitro benzene ring substituents is 1. The molecule has 0 radical (unpaired) electrons. The van der Waals surface area contributed by atoms with Crippen molar-refractivity contribution in [3.63, 3.8) is 0 Å². The molecule has 1 fully saturated rings. The van der Waals surface area contributed by atoms with Crippen molar-refractivity contribution in [3.8, 4) is 0 Å². The second-order valence-electron chi connectivity index (χ2n) is 6.63. The lowest BCUT2D eigenvalue weighted by atomic mass is 10.1. The number of carbonyl (C=O) groups excluding carboxylic acids is 3. The minimum absolute atomic E-state index is 0.0143. The molecule has 0 unspecified atom stereocenters. The third kappa shape index (κ3) is 5.53. The first-order valence-electron chi connectivity index (χ1n) is 9.21. The van der Waals surface area contributed by atoms with Crippen LogP contribution in [0.3, 0.4) is 0 Å². The van der Waals surface area contributed by atoms with Crippen LogP contribution >= 0.6 is 24.0 Å². The van der Waals surface area contributed by atoms with Crippen molar-refractivity contribution in [1.82, 2.24) is 10.7 Å². The molecule has 0 bridgehead atoms. The molecule has 1 heterocycles. The Morgan fingerprint density at radius 1 is 1.25 bits per heavy atom. The van der Waals surface area contributed by atoms with Crippen LogP contribution in [0.2, 0.25) is 0 Å². The Labute approximate surface area is 192 Å². The monoisotopic (exact) mass is 471 g/mol. The van der Waals surface area contributed by atoms with Crippen LogP contribution in [-0.2, 0) is 14.4 Å². The third-order valence-electron chi connectivity index (χ3n) is 4.32. The van der Waals surface area contributed by atoms with Crippen molar-refractivity contribution in [2.45, 2.75) is 11.8 Å². The molecule has 0 spiro atoms. The summed E-state index contributed by atoms with van der Waals surface area (Å²) in [6.07, 6.45) is 1.05. The van der Waals surface area contributed by atoms with Crippen molar-refractivity contribution >= 4 is 64.4 Å². The lowest BCUT2D eigenvalue weighted by molar-refractivity contribution is -0.384. The summed E-state index contributed by atoms with van der Waals surface area (Å²) in [5.74, 6) is -2.97. The topological polar surface area (TPSA) is 134 Å². The highest BCUT2D eigenvalue weighted by atomic mass is 32.2. The van der Waals surface area contributed by atoms with E-state index in [1.165, 1.54) is 29.2 Å². The van der Waals surface area contributed by atoms with E-state index in [0.717, 1.165) is 23.5 Å². The van der Waals surface area contributed by atoms with Gasteiger partial charge in [-0.3, -0.25) is 29.4 Å². The van der Waals surface area contributed by atoms with E-state index in [1.807, 2.05) is 19.1 Å². The predicted octanol–water partition coefficient (Wildman–Crippen LogP) is 2.16. The van der Waals surface area contributed by atoms with Gasteiger partial charge in [-0.15, -0.1) is 11.8 Å². The second-order valence-corrected chi connectivity index (χ2v) is 8.07. The van der Waals surface area contributed by atoms with Crippen LogP contribution in [0.15, 0.2) is 58.5 Å². The molecule has 3 rings (SSSR count). The lowest BCUT2D eigenvalue weighted by Crippen LogP contribution is -2.58. The number of anilines is 1. The van der Waals surface area contributed by atoms with Gasteiger partial charge in [0.1, 0.15) is 0 Å². The molecular formula is C20H17N5O5S2. The van der Waals surface area contributed by atoms with Crippen molar-refractivity contribution < 1.29 is 19.3 Å². The van der Waals surface area contributed by atoms with Crippen molar-refractivity contribution in [1.29, 1.82) is 0 Å². The number of amides is 3. The summed E-state index contributed by atoms with van der Waals surface area (Å²) in [5.41, 5.74) is 3.73. The smallest absolute Gasteiger partial charge is 0.269 e. The number of nitro groups is 1. The summed E-state index contributed by atoms with van der Waals surface area (Å²) in [4.78, 5) is 49.0. The van der Waals surface area contributed by atoms with Crippen LogP contribution < -0.4 is 15.6 Å². The molecule has 164 valence electrons. The van der Waals surface area contributed by atoms with Gasteiger partial charge in [0.2, 0.25) is 11.8 Å². The summed E-state index contributed by atoms with van der Waals surface area (Å²) in [6.45, 7) is 1.90. The van der Waals surface area contributed by atoms with E-state index < -0.39 is 28.6 Å². The summed E-state index contributed by atoms with van der Waals surface area (Å²) < 4.78 is 0. The van der Waals surface area contributed by atoms with Gasteiger partial charge in [-0.05, 0) is 43.4 Å². The molecule has 0 aliphatic carbocycles. The minimum atomic E-state index is -1.26. The average molecular weight is 472 g/mol. The fourth-order valence-corrected chi connectivity index (χ4v) is 3.68. The minimum Gasteiger partial charge on any atom is -0.301 e. The van der Waals surface area contributed by atoms with Crippen LogP contribution in [0.5, 0.6) is 0 Å². The number of rotatable bonds is 7. The van der Waals surface area contributed by atoms with E-state index in [-0.39, 0.29) is 16.6 Å². The van der Waals surface area contributed by atoms with Crippen LogP contribution in [0.1, 0.15) is 5.56 Å². The largest absolute Gasteiger partial charge is 0.301 e. The molecule has 3 amide bonds. The van der Waals surface area contributed by atoms with Gasteiger partial charge in [0.05, 0.1) is 16.4 Å². The van der Waals surface area contributed by atoms with Crippen LogP contribution in [0.4, 0.5) is 11.4 Å². The fourth-order valence-electron chi connectivity index (χ4n) is 2.69. The Balaban J connectivity index is 1.58. The number of nitrogens with zero attached hydrogens (tertiary/aromatic N) is 3. The third-order valence-corrected chi connectivity index (χ3v) is 5.62. The number of nitrogens with one attached hydrogen (secondary N) is 2. The van der Waals surface area contributed by atoms with Gasteiger partial charge in [-0.25, -0.2) is 5.43 Å². The second kappa shape index (κ2) is 10.1. The van der Waals surface area contributed by atoms with Crippen molar-refractivity contribution in [2.75, 3.05) is 10.7 Å². The van der Waals surface area contributed by atoms with Crippen LogP contribution in [-0.4, -0.2) is 39.7 Å². The SMILES string of the molecule is Cc1ccc(N2C(=O)[C@H](/C=N/NC(=O)CSc3ccc([N+](=O)[O-])cc3)C(=O)NC2=S)cc1. The zero-order chi connectivity index (χ0) is 23.3. The number of hydrazone groups is 1. The molecule has 1 atom stereocenters. The number of hydrogen-bond donors (Lipinski definition) is 2. The first kappa shape index (κ1) is 23.0. The van der Waals surface area contributed by atoms with Gasteiger partial charge in [-0.2, -0.15) is 5.10 Å². The standard InChI is InChI=1S/C20H17N5O5S2/c1-12-2-4-13(5-3-12)24-19(28)16(18(27)22-20(24)31)10-21-23-17(26)11-32-15-8-6-14(7-9-15)25(29)30/h2-10,16H,11H2,1H3,(H,23,26)(H,22,27,31)/b21-10+/t16-/m1/s1. The zero-order valence-corrected chi connectivity index (χ0v) is 18.3. The number of non-ortho nitro benzene ring substituents is 1. The molecule has 2 aromatic carbocycles. The zero-order valence-electron chi connectivity index (χ0n) is 16.7. The number of benzene rings is 2. The van der Waals surface area contributed by atoms with Crippen molar-refractivity contribution in [3.05, 3.63) is 64.2 Å². The highest BCUT2D eigenvalue weighted by molar-refractivity contribution is 8.00. The maximum absolute atomic E-state index is 12.8. The molecule has 32 heavy (non-hydrogen) atoms. The number of aryl methyl sites for hydroxylation is 1. The first-order chi connectivity index (χ1) is 15.3. The maximum atomic E-state index is 12.8. The van der Waals surface area contributed by atoms with Gasteiger partial charge in [-0.1, -0.05) is 17.7 Å². The number of thioether (sulfide) groups is 1. The van der Waals surface area contributed by atoms with Crippen LogP contribution in [0.25, 0.3) is 0 Å². The summed E-state index contributed by atoms with van der Waals surface area (Å²) in [7, 11) is 0. The van der Waals surface area contributed by atoms with Gasteiger partial charge >= 0.3 is 0 Å². The molecule has 2 N–H and O–H groups in total. The molecular weight excluding hydrogens is 454 g/mol. The van der Waals surface area contributed by atoms with E-state index in [0.29, 0.717) is 10.6 Å². The Morgan fingerprint density at radius 2 is 1.91 bits per heavy atom. The predicted molar refractivity (Wildman–Crippen MR) is 123 cm³/mol. The van der Waals surface area contributed by atoms with Gasteiger partial charge < -0.3 is 5.32 Å². The summed E-state index contributed by atoms with van der Waals surface area (Å²) in [6, 6.07) is 12.8. The quantitative estimate of drug-likeness (QED) is 0.158. The average Bonchev–Trinajstić information content (AvgIpc) is 2.76. The van der Waals surface area contributed by atoms with Gasteiger partial charge in [0.15, 0.2) is 11.0 Å². The molecule has 1 aliphatic heterocycles. The maximum Gasteiger partial charge on any atom is 0.269 e. The van der Waals surface area contributed by atoms with E-state index in [2.05, 4.69) is 15.8 Å². The Hall–Kier alpha value is -3.64. The summed E-state index contributed by atoms with van der Waals surface area (Å²) >= 11 is 6.28. The van der Waals surface area contributed by atoms with Crippen LogP contribution in [0, 0.1) is 23.0 Å². The molecule has 1 saturated heterocycles. The van der Waals surface area contributed by atoms with Gasteiger partial charge in [0.25, 0.3) is 11.6 Å². The Morgan fingerprint density at radius 3 is 2.53 bits per heavy atom. The molecule has 1 aliphatic rings. The Kier molecular flexibility index (Phi) is 7.28. The highest BCUT2D eigenvalue weighted by Gasteiger charge is 2.38. The normalized spacial score (nSPS) is 16.2. The lowest BCUT2D eigenvalue weighted by Gasteiger charge is -2.30. The van der Waals surface area contributed by atoms with Gasteiger partial charge in [0, 0.05) is 23.2 Å². The first-order valence-corrected chi connectivity index (χ1v) is 10.6. The van der Waals surface area contributed by atoms with E-state index >= 15 is 0 Å². The number of hydrogen-bond acceptors (Lipinski definition) is 8. The molecule has 0 saturated carbocycles. The van der Waals surface area contributed by atoms with Crippen molar-refractivity contribution in [2.24, 2.45) is 11.0 Å². The van der Waals surface area contributed by atoms with E-state index in [4.69, 9.17) is 12.2 Å². The number of carbonyl (C=O) groups is 3. The summed E-state index contributed by atoms with van der Waals surface area (Å²) in [5, 5.41) is 16.8. The van der Waals surface area contributed by atoms with E-state index in [9.17, 15) is 24.5 Å². The van der Waals surface area contributed by atoms with E-state index in [1.54, 1.807) is 12.1 Å².